The van der Waals surface area contributed by atoms with Crippen LogP contribution in [0.2, 0.25) is 0 Å². The Kier molecular flexibility index (Phi) is 5.11. The molecule has 1 heterocycles. The molecule has 0 aliphatic carbocycles. The fourth-order valence-electron chi connectivity index (χ4n) is 2.93. The number of halogens is 1. The number of likely N-dealkylation sites (N-methyl/N-ethyl adjacent to an activating group) is 1. The summed E-state index contributed by atoms with van der Waals surface area (Å²) in [5.41, 5.74) is 0.626. The first-order valence-electron chi connectivity index (χ1n) is 8.05. The summed E-state index contributed by atoms with van der Waals surface area (Å²) >= 11 is 0. The monoisotopic (exact) mass is 328 g/mol. The molecule has 24 heavy (non-hydrogen) atoms. The topological polar surface area (TPSA) is 32.8 Å². The molecule has 2 aromatic carbocycles. The molecule has 126 valence electrons. The minimum atomic E-state index is -0.232. The number of piperazine rings is 1. The Morgan fingerprint density at radius 2 is 1.83 bits per heavy atom. The van der Waals surface area contributed by atoms with Gasteiger partial charge in [0.15, 0.2) is 6.61 Å². The number of carbonyl (C=O) groups excluding carboxylic acids is 1. The third kappa shape index (κ3) is 3.74. The minimum absolute atomic E-state index is 0.00226. The molecule has 3 rings (SSSR count). The number of benzene rings is 2. The summed E-state index contributed by atoms with van der Waals surface area (Å²) in [6.07, 6.45) is 0. The molecule has 1 atom stereocenters. The zero-order valence-electron chi connectivity index (χ0n) is 13.7. The zero-order valence-corrected chi connectivity index (χ0v) is 13.7. The van der Waals surface area contributed by atoms with Crippen LogP contribution in [0.5, 0.6) is 5.75 Å². The predicted molar refractivity (Wildman–Crippen MR) is 90.3 cm³/mol. The van der Waals surface area contributed by atoms with Crippen molar-refractivity contribution in [3.05, 3.63) is 66.0 Å². The lowest BCUT2D eigenvalue weighted by molar-refractivity contribution is -0.136. The molecule has 1 fully saturated rings. The first-order chi connectivity index (χ1) is 11.6. The van der Waals surface area contributed by atoms with E-state index < -0.39 is 0 Å². The van der Waals surface area contributed by atoms with Crippen LogP contribution in [0, 0.1) is 5.82 Å². The van der Waals surface area contributed by atoms with Crippen molar-refractivity contribution in [3.8, 4) is 5.75 Å². The maximum Gasteiger partial charge on any atom is 0.260 e. The number of rotatable bonds is 4. The molecule has 0 bridgehead atoms. The van der Waals surface area contributed by atoms with E-state index in [2.05, 4.69) is 4.90 Å². The van der Waals surface area contributed by atoms with Crippen LogP contribution in [0.3, 0.4) is 0 Å². The Labute approximate surface area is 141 Å². The van der Waals surface area contributed by atoms with E-state index in [0.29, 0.717) is 30.9 Å². The van der Waals surface area contributed by atoms with Gasteiger partial charge in [0.25, 0.3) is 5.91 Å². The van der Waals surface area contributed by atoms with E-state index in [4.69, 9.17) is 4.74 Å². The second kappa shape index (κ2) is 7.45. The summed E-state index contributed by atoms with van der Waals surface area (Å²) in [5, 5.41) is 0. The maximum absolute atomic E-state index is 14.1. The quantitative estimate of drug-likeness (QED) is 0.865. The third-order valence-corrected chi connectivity index (χ3v) is 4.37. The van der Waals surface area contributed by atoms with Gasteiger partial charge in [-0.25, -0.2) is 4.39 Å². The van der Waals surface area contributed by atoms with E-state index in [-0.39, 0.29) is 24.4 Å². The zero-order chi connectivity index (χ0) is 16.9. The van der Waals surface area contributed by atoms with Gasteiger partial charge in [0, 0.05) is 25.2 Å². The van der Waals surface area contributed by atoms with E-state index >= 15 is 0 Å². The smallest absolute Gasteiger partial charge is 0.260 e. The number of para-hydroxylation sites is 1. The van der Waals surface area contributed by atoms with Gasteiger partial charge >= 0.3 is 0 Å². The SMILES string of the molecule is CN1CCN(C(=O)COc2ccccc2)CC1c1ccccc1F. The summed E-state index contributed by atoms with van der Waals surface area (Å²) < 4.78 is 19.6. The van der Waals surface area contributed by atoms with Crippen molar-refractivity contribution in [1.82, 2.24) is 9.80 Å². The Morgan fingerprint density at radius 1 is 1.12 bits per heavy atom. The lowest BCUT2D eigenvalue weighted by atomic mass is 10.0. The standard InChI is InChI=1S/C19H21FN2O2/c1-21-11-12-22(13-18(21)16-9-5-6-10-17(16)20)19(23)14-24-15-7-3-2-4-8-15/h2-10,18H,11-14H2,1H3. The highest BCUT2D eigenvalue weighted by Crippen LogP contribution is 2.26. The molecule has 0 radical (unpaired) electrons. The van der Waals surface area contributed by atoms with E-state index in [1.54, 1.807) is 17.0 Å². The highest BCUT2D eigenvalue weighted by atomic mass is 19.1. The molecule has 5 heteroatoms. The van der Waals surface area contributed by atoms with E-state index in [9.17, 15) is 9.18 Å². The molecule has 2 aromatic rings. The van der Waals surface area contributed by atoms with Gasteiger partial charge in [0.1, 0.15) is 11.6 Å². The molecular weight excluding hydrogens is 307 g/mol. The van der Waals surface area contributed by atoms with Crippen molar-refractivity contribution in [2.24, 2.45) is 0 Å². The average molecular weight is 328 g/mol. The van der Waals surface area contributed by atoms with Crippen LogP contribution < -0.4 is 4.74 Å². The van der Waals surface area contributed by atoms with Crippen LogP contribution >= 0.6 is 0 Å². The van der Waals surface area contributed by atoms with Gasteiger partial charge in [-0.1, -0.05) is 36.4 Å². The van der Waals surface area contributed by atoms with Crippen LogP contribution in [-0.2, 0) is 4.79 Å². The molecular formula is C19H21FN2O2. The van der Waals surface area contributed by atoms with Crippen molar-refractivity contribution < 1.29 is 13.9 Å². The first-order valence-corrected chi connectivity index (χ1v) is 8.05. The largest absolute Gasteiger partial charge is 0.484 e. The van der Waals surface area contributed by atoms with Crippen molar-refractivity contribution in [1.29, 1.82) is 0 Å². The van der Waals surface area contributed by atoms with Crippen LogP contribution in [-0.4, -0.2) is 49.0 Å². The second-order valence-electron chi connectivity index (χ2n) is 5.96. The van der Waals surface area contributed by atoms with Gasteiger partial charge in [0.05, 0.1) is 6.04 Å². The van der Waals surface area contributed by atoms with Crippen molar-refractivity contribution in [3.63, 3.8) is 0 Å². The summed E-state index contributed by atoms with van der Waals surface area (Å²) in [6, 6.07) is 15.9. The van der Waals surface area contributed by atoms with Crippen LogP contribution in [0.15, 0.2) is 54.6 Å². The fraction of sp³-hybridized carbons (Fsp3) is 0.316. The van der Waals surface area contributed by atoms with Crippen molar-refractivity contribution in [2.75, 3.05) is 33.3 Å². The van der Waals surface area contributed by atoms with E-state index in [1.165, 1.54) is 6.07 Å². The summed E-state index contributed by atoms with van der Waals surface area (Å²) in [4.78, 5) is 16.3. The molecule has 1 amide bonds. The molecule has 4 nitrogen and oxygen atoms in total. The Balaban J connectivity index is 1.64. The van der Waals surface area contributed by atoms with Crippen LogP contribution in [0.25, 0.3) is 0 Å². The van der Waals surface area contributed by atoms with Gasteiger partial charge in [-0.05, 0) is 25.2 Å². The highest BCUT2D eigenvalue weighted by molar-refractivity contribution is 5.78. The summed E-state index contributed by atoms with van der Waals surface area (Å²) in [6.45, 7) is 1.79. The number of hydrogen-bond donors (Lipinski definition) is 0. The highest BCUT2D eigenvalue weighted by Gasteiger charge is 2.30. The Bertz CT molecular complexity index is 693. The van der Waals surface area contributed by atoms with Gasteiger partial charge in [-0.15, -0.1) is 0 Å². The number of carbonyl (C=O) groups is 1. The van der Waals surface area contributed by atoms with Gasteiger partial charge in [-0.2, -0.15) is 0 Å². The number of ether oxygens (including phenoxy) is 1. The molecule has 0 aromatic heterocycles. The molecule has 0 spiro atoms. The Morgan fingerprint density at radius 3 is 2.58 bits per heavy atom. The van der Waals surface area contributed by atoms with Crippen molar-refractivity contribution >= 4 is 5.91 Å². The maximum atomic E-state index is 14.1. The Hall–Kier alpha value is -2.40. The van der Waals surface area contributed by atoms with Gasteiger partial charge in [0.2, 0.25) is 0 Å². The number of hydrogen-bond acceptors (Lipinski definition) is 3. The molecule has 0 N–H and O–H groups in total. The van der Waals surface area contributed by atoms with Crippen molar-refractivity contribution in [2.45, 2.75) is 6.04 Å². The van der Waals surface area contributed by atoms with Crippen LogP contribution in [0.4, 0.5) is 4.39 Å². The molecule has 1 saturated heterocycles. The average Bonchev–Trinajstić information content (AvgIpc) is 2.62. The summed E-state index contributed by atoms with van der Waals surface area (Å²) in [5.74, 6) is 0.364. The van der Waals surface area contributed by atoms with Gasteiger partial charge < -0.3 is 9.64 Å². The summed E-state index contributed by atoms with van der Waals surface area (Å²) in [7, 11) is 1.96. The third-order valence-electron chi connectivity index (χ3n) is 4.37. The predicted octanol–water partition coefficient (Wildman–Crippen LogP) is 2.72. The molecule has 1 aliphatic rings. The molecule has 0 saturated carbocycles. The first kappa shape index (κ1) is 16.5. The minimum Gasteiger partial charge on any atom is -0.484 e. The second-order valence-corrected chi connectivity index (χ2v) is 5.96. The number of amides is 1. The van der Waals surface area contributed by atoms with Crippen LogP contribution in [0.1, 0.15) is 11.6 Å². The van der Waals surface area contributed by atoms with Gasteiger partial charge in [-0.3, -0.25) is 9.69 Å². The molecule has 1 aliphatic heterocycles. The van der Waals surface area contributed by atoms with E-state index in [0.717, 1.165) is 0 Å². The number of nitrogens with zero attached hydrogens (tertiary/aromatic N) is 2. The molecule has 1 unspecified atom stereocenters. The lowest BCUT2D eigenvalue weighted by Gasteiger charge is -2.39. The van der Waals surface area contributed by atoms with E-state index in [1.807, 2.05) is 43.4 Å². The lowest BCUT2D eigenvalue weighted by Crippen LogP contribution is -2.50. The fourth-order valence-corrected chi connectivity index (χ4v) is 2.93. The normalized spacial score (nSPS) is 18.4.